The third-order valence-electron chi connectivity index (χ3n) is 5.16. The summed E-state index contributed by atoms with van der Waals surface area (Å²) in [5, 5.41) is 0. The molecule has 32 heavy (non-hydrogen) atoms. The van der Waals surface area contributed by atoms with Crippen molar-refractivity contribution in [1.82, 2.24) is 0 Å². The summed E-state index contributed by atoms with van der Waals surface area (Å²) < 4.78 is 50.7. The average molecular weight is 458 g/mol. The maximum absolute atomic E-state index is 13.8. The third-order valence-corrected chi connectivity index (χ3v) is 7.07. The molecule has 0 aromatic heterocycles. The van der Waals surface area contributed by atoms with Gasteiger partial charge in [-0.3, -0.25) is 4.31 Å². The summed E-state index contributed by atoms with van der Waals surface area (Å²) in [5.41, 5.74) is 1.07. The molecule has 0 aliphatic carbocycles. The molecular weight excluding hydrogens is 430 g/mol. The van der Waals surface area contributed by atoms with Crippen LogP contribution in [0.3, 0.4) is 0 Å². The standard InChI is InChI=1S/C24H27NO6S/c1-17(21-16-19(28-2)12-14-22(21)29-3)25(32(26,27)20-9-7-6-8-10-20)18-11-13-23(30-4)24(15-18)31-5/h6-17H,1-5H3/t17-/m1/s1. The van der Waals surface area contributed by atoms with Gasteiger partial charge in [-0.15, -0.1) is 0 Å². The van der Waals surface area contributed by atoms with E-state index in [-0.39, 0.29) is 4.90 Å². The van der Waals surface area contributed by atoms with Crippen molar-refractivity contribution >= 4 is 15.7 Å². The Morgan fingerprint density at radius 3 is 1.94 bits per heavy atom. The lowest BCUT2D eigenvalue weighted by molar-refractivity contribution is 0.355. The van der Waals surface area contributed by atoms with E-state index >= 15 is 0 Å². The van der Waals surface area contributed by atoms with Crippen molar-refractivity contribution in [2.45, 2.75) is 17.9 Å². The average Bonchev–Trinajstić information content (AvgIpc) is 2.83. The normalized spacial score (nSPS) is 12.0. The molecular formula is C24H27NO6S. The van der Waals surface area contributed by atoms with Crippen LogP contribution in [0.1, 0.15) is 18.5 Å². The first-order valence-electron chi connectivity index (χ1n) is 9.90. The van der Waals surface area contributed by atoms with E-state index in [0.717, 1.165) is 0 Å². The number of hydrogen-bond donors (Lipinski definition) is 0. The quantitative estimate of drug-likeness (QED) is 0.465. The van der Waals surface area contributed by atoms with E-state index in [1.165, 1.54) is 18.5 Å². The number of benzene rings is 3. The fraction of sp³-hybridized carbons (Fsp3) is 0.250. The Balaban J connectivity index is 2.24. The number of ether oxygens (including phenoxy) is 4. The van der Waals surface area contributed by atoms with E-state index < -0.39 is 16.1 Å². The molecule has 0 aliphatic heterocycles. The minimum atomic E-state index is -3.95. The van der Waals surface area contributed by atoms with Gasteiger partial charge < -0.3 is 18.9 Å². The molecule has 0 N–H and O–H groups in total. The Morgan fingerprint density at radius 1 is 0.719 bits per heavy atom. The number of hydrogen-bond acceptors (Lipinski definition) is 6. The highest BCUT2D eigenvalue weighted by atomic mass is 32.2. The zero-order valence-corrected chi connectivity index (χ0v) is 19.5. The van der Waals surface area contributed by atoms with Crippen LogP contribution in [0.15, 0.2) is 71.6 Å². The van der Waals surface area contributed by atoms with Crippen molar-refractivity contribution in [2.75, 3.05) is 32.7 Å². The fourth-order valence-electron chi connectivity index (χ4n) is 3.53. The Kier molecular flexibility index (Phi) is 7.15. The molecule has 0 bridgehead atoms. The minimum Gasteiger partial charge on any atom is -0.497 e. The molecule has 1 atom stereocenters. The molecule has 3 aromatic rings. The van der Waals surface area contributed by atoms with Crippen LogP contribution in [0.2, 0.25) is 0 Å². The summed E-state index contributed by atoms with van der Waals surface area (Å²) in [4.78, 5) is 0.170. The first-order chi connectivity index (χ1) is 15.4. The smallest absolute Gasteiger partial charge is 0.264 e. The van der Waals surface area contributed by atoms with Gasteiger partial charge in [0.2, 0.25) is 0 Å². The maximum Gasteiger partial charge on any atom is 0.264 e. The van der Waals surface area contributed by atoms with Gasteiger partial charge in [-0.1, -0.05) is 18.2 Å². The molecule has 8 heteroatoms. The van der Waals surface area contributed by atoms with E-state index in [9.17, 15) is 8.42 Å². The lowest BCUT2D eigenvalue weighted by Gasteiger charge is -2.32. The van der Waals surface area contributed by atoms with Crippen molar-refractivity contribution in [2.24, 2.45) is 0 Å². The molecule has 3 rings (SSSR count). The van der Waals surface area contributed by atoms with Crippen molar-refractivity contribution in [3.8, 4) is 23.0 Å². The number of sulfonamides is 1. The van der Waals surface area contributed by atoms with Crippen LogP contribution in [0, 0.1) is 0 Å². The Bertz CT molecular complexity index is 1160. The monoisotopic (exact) mass is 457 g/mol. The Labute approximate surface area is 189 Å². The second-order valence-electron chi connectivity index (χ2n) is 6.94. The Morgan fingerprint density at radius 2 is 1.34 bits per heavy atom. The van der Waals surface area contributed by atoms with Crippen molar-refractivity contribution in [1.29, 1.82) is 0 Å². The van der Waals surface area contributed by atoms with E-state index in [2.05, 4.69) is 0 Å². The molecule has 3 aromatic carbocycles. The largest absolute Gasteiger partial charge is 0.497 e. The molecule has 0 amide bonds. The van der Waals surface area contributed by atoms with Gasteiger partial charge in [-0.05, 0) is 49.4 Å². The summed E-state index contributed by atoms with van der Waals surface area (Å²) in [6.07, 6.45) is 0. The van der Waals surface area contributed by atoms with Crippen molar-refractivity contribution < 1.29 is 27.4 Å². The highest BCUT2D eigenvalue weighted by molar-refractivity contribution is 7.92. The van der Waals surface area contributed by atoms with E-state index in [0.29, 0.717) is 34.2 Å². The highest BCUT2D eigenvalue weighted by Gasteiger charge is 2.32. The summed E-state index contributed by atoms with van der Waals surface area (Å²) in [7, 11) is 2.19. The van der Waals surface area contributed by atoms with Crippen LogP contribution < -0.4 is 23.3 Å². The minimum absolute atomic E-state index is 0.170. The predicted molar refractivity (Wildman–Crippen MR) is 124 cm³/mol. The SMILES string of the molecule is COc1ccc(OC)c([C@@H](C)N(c2ccc(OC)c(OC)c2)S(=O)(=O)c2ccccc2)c1. The van der Waals surface area contributed by atoms with E-state index in [4.69, 9.17) is 18.9 Å². The third kappa shape index (κ3) is 4.45. The lowest BCUT2D eigenvalue weighted by Crippen LogP contribution is -2.34. The van der Waals surface area contributed by atoms with Crippen LogP contribution in [-0.2, 0) is 10.0 Å². The summed E-state index contributed by atoms with van der Waals surface area (Å²) in [6.45, 7) is 1.80. The van der Waals surface area contributed by atoms with Crippen LogP contribution in [0.4, 0.5) is 5.69 Å². The molecule has 0 saturated heterocycles. The number of rotatable bonds is 9. The molecule has 0 spiro atoms. The zero-order valence-electron chi connectivity index (χ0n) is 18.7. The van der Waals surface area contributed by atoms with E-state index in [1.54, 1.807) is 87.9 Å². The molecule has 7 nitrogen and oxygen atoms in total. The van der Waals surface area contributed by atoms with Gasteiger partial charge >= 0.3 is 0 Å². The topological polar surface area (TPSA) is 74.3 Å². The lowest BCUT2D eigenvalue weighted by atomic mass is 10.1. The van der Waals surface area contributed by atoms with Crippen molar-refractivity contribution in [3.63, 3.8) is 0 Å². The second-order valence-corrected chi connectivity index (χ2v) is 8.75. The number of nitrogens with zero attached hydrogens (tertiary/aromatic N) is 1. The first kappa shape index (κ1) is 23.3. The summed E-state index contributed by atoms with van der Waals surface area (Å²) >= 11 is 0. The summed E-state index contributed by atoms with van der Waals surface area (Å²) in [6, 6.07) is 18.0. The highest BCUT2D eigenvalue weighted by Crippen LogP contribution is 2.41. The second kappa shape index (κ2) is 9.82. The predicted octanol–water partition coefficient (Wildman–Crippen LogP) is 4.68. The van der Waals surface area contributed by atoms with Gasteiger partial charge in [0.1, 0.15) is 11.5 Å². The van der Waals surface area contributed by atoms with Crippen LogP contribution in [-0.4, -0.2) is 36.9 Å². The molecule has 0 unspecified atom stereocenters. The van der Waals surface area contributed by atoms with Gasteiger partial charge in [0, 0.05) is 11.6 Å². The van der Waals surface area contributed by atoms with Gasteiger partial charge in [-0.2, -0.15) is 0 Å². The molecule has 0 aliphatic rings. The van der Waals surface area contributed by atoms with Crippen molar-refractivity contribution in [3.05, 3.63) is 72.3 Å². The Hall–Kier alpha value is -3.39. The first-order valence-corrected chi connectivity index (χ1v) is 11.3. The molecule has 0 heterocycles. The van der Waals surface area contributed by atoms with Gasteiger partial charge in [-0.25, -0.2) is 8.42 Å². The molecule has 0 fully saturated rings. The number of methoxy groups -OCH3 is 4. The van der Waals surface area contributed by atoms with Crippen LogP contribution in [0.5, 0.6) is 23.0 Å². The van der Waals surface area contributed by atoms with Gasteiger partial charge in [0.25, 0.3) is 10.0 Å². The molecule has 0 saturated carbocycles. The fourth-order valence-corrected chi connectivity index (χ4v) is 5.18. The number of anilines is 1. The van der Waals surface area contributed by atoms with Crippen LogP contribution >= 0.6 is 0 Å². The molecule has 170 valence electrons. The van der Waals surface area contributed by atoms with Gasteiger partial charge in [0.05, 0.1) is 45.1 Å². The van der Waals surface area contributed by atoms with E-state index in [1.807, 2.05) is 0 Å². The van der Waals surface area contributed by atoms with Gasteiger partial charge in [0.15, 0.2) is 11.5 Å². The molecule has 0 radical (unpaired) electrons. The maximum atomic E-state index is 13.8. The van der Waals surface area contributed by atoms with Crippen LogP contribution in [0.25, 0.3) is 0 Å². The summed E-state index contributed by atoms with van der Waals surface area (Å²) in [5.74, 6) is 2.06. The zero-order chi connectivity index (χ0) is 23.3.